The highest BCUT2D eigenvalue weighted by molar-refractivity contribution is 6.45. The van der Waals surface area contributed by atoms with Gasteiger partial charge in [0.25, 0.3) is 5.91 Å². The number of hydrogen-bond donors (Lipinski definition) is 2. The Hall–Kier alpha value is -2.24. The van der Waals surface area contributed by atoms with E-state index >= 15 is 0 Å². The molecule has 0 heterocycles. The first kappa shape index (κ1) is 21.5. The summed E-state index contributed by atoms with van der Waals surface area (Å²) in [4.78, 5) is 25.0. The van der Waals surface area contributed by atoms with Crippen molar-refractivity contribution < 1.29 is 14.3 Å². The van der Waals surface area contributed by atoms with Gasteiger partial charge in [0.15, 0.2) is 0 Å². The molecule has 1 aliphatic carbocycles. The Morgan fingerprint density at radius 1 is 1.10 bits per heavy atom. The SMILES string of the molecule is CCCCOc1cc(NC(=O)c2ccccc2)c(NC(=O)CC2CC2)c(Cl)c1Cl. The lowest BCUT2D eigenvalue weighted by molar-refractivity contribution is -0.116. The smallest absolute Gasteiger partial charge is 0.255 e. The number of anilines is 2. The molecule has 0 saturated heterocycles. The van der Waals surface area contributed by atoms with Crippen molar-refractivity contribution in [2.45, 2.75) is 39.0 Å². The van der Waals surface area contributed by atoms with Crippen LogP contribution in [0, 0.1) is 5.92 Å². The van der Waals surface area contributed by atoms with Crippen molar-refractivity contribution in [3.8, 4) is 5.75 Å². The van der Waals surface area contributed by atoms with Crippen molar-refractivity contribution in [3.05, 3.63) is 52.0 Å². The summed E-state index contributed by atoms with van der Waals surface area (Å²) >= 11 is 12.8. The molecule has 5 nitrogen and oxygen atoms in total. The zero-order valence-electron chi connectivity index (χ0n) is 16.3. The lowest BCUT2D eigenvalue weighted by atomic mass is 10.2. The lowest BCUT2D eigenvalue weighted by Crippen LogP contribution is -2.17. The van der Waals surface area contributed by atoms with Gasteiger partial charge in [-0.1, -0.05) is 54.7 Å². The predicted octanol–water partition coefficient (Wildman–Crippen LogP) is 6.16. The van der Waals surface area contributed by atoms with Crippen LogP contribution >= 0.6 is 23.2 Å². The van der Waals surface area contributed by atoms with Crippen molar-refractivity contribution >= 4 is 46.4 Å². The van der Waals surface area contributed by atoms with Crippen LogP contribution in [0.2, 0.25) is 10.0 Å². The minimum absolute atomic E-state index is 0.146. The monoisotopic (exact) mass is 434 g/mol. The van der Waals surface area contributed by atoms with Gasteiger partial charge in [0.2, 0.25) is 5.91 Å². The topological polar surface area (TPSA) is 67.4 Å². The second-order valence-electron chi connectivity index (χ2n) is 7.14. The van der Waals surface area contributed by atoms with Crippen molar-refractivity contribution in [1.29, 1.82) is 0 Å². The van der Waals surface area contributed by atoms with E-state index in [9.17, 15) is 9.59 Å². The van der Waals surface area contributed by atoms with E-state index in [1.807, 2.05) is 6.07 Å². The van der Waals surface area contributed by atoms with Crippen LogP contribution in [0.3, 0.4) is 0 Å². The Balaban J connectivity index is 1.89. The second kappa shape index (κ2) is 9.99. The van der Waals surface area contributed by atoms with E-state index in [1.54, 1.807) is 30.3 Å². The summed E-state index contributed by atoms with van der Waals surface area (Å²) in [5, 5.41) is 6.00. The Kier molecular flexibility index (Phi) is 7.40. The largest absolute Gasteiger partial charge is 0.492 e. The quantitative estimate of drug-likeness (QED) is 0.464. The first-order valence-electron chi connectivity index (χ1n) is 9.80. The van der Waals surface area contributed by atoms with Gasteiger partial charge in [-0.3, -0.25) is 9.59 Å². The number of amides is 2. The standard InChI is InChI=1S/C22H24Cl2N2O3/c1-2-3-11-29-17-13-16(25-22(28)15-7-5-4-6-8-15)21(20(24)19(17)23)26-18(27)12-14-9-10-14/h4-8,13-14H,2-3,9-12H2,1H3,(H,25,28)(H,26,27). The third-order valence-electron chi connectivity index (χ3n) is 4.65. The maximum atomic E-state index is 12.7. The zero-order valence-corrected chi connectivity index (χ0v) is 17.8. The normalized spacial score (nSPS) is 13.1. The number of rotatable bonds is 9. The number of carbonyl (C=O) groups is 2. The zero-order chi connectivity index (χ0) is 20.8. The molecule has 0 aromatic heterocycles. The third kappa shape index (κ3) is 5.87. The number of ether oxygens (including phenoxy) is 1. The van der Waals surface area contributed by atoms with Gasteiger partial charge in [-0.05, 0) is 37.3 Å². The van der Waals surface area contributed by atoms with Crippen molar-refractivity contribution in [2.75, 3.05) is 17.2 Å². The average Bonchev–Trinajstić information content (AvgIpc) is 3.53. The molecule has 2 amide bonds. The lowest BCUT2D eigenvalue weighted by Gasteiger charge is -2.18. The van der Waals surface area contributed by atoms with Crippen molar-refractivity contribution in [2.24, 2.45) is 5.92 Å². The number of nitrogens with one attached hydrogen (secondary N) is 2. The molecular weight excluding hydrogens is 411 g/mol. The molecule has 1 saturated carbocycles. The highest BCUT2D eigenvalue weighted by Gasteiger charge is 2.26. The maximum absolute atomic E-state index is 12.7. The van der Waals surface area contributed by atoms with Crippen LogP contribution in [-0.4, -0.2) is 18.4 Å². The van der Waals surface area contributed by atoms with E-state index in [0.717, 1.165) is 25.7 Å². The second-order valence-corrected chi connectivity index (χ2v) is 7.90. The third-order valence-corrected chi connectivity index (χ3v) is 5.50. The van der Waals surface area contributed by atoms with Crippen LogP contribution in [0.15, 0.2) is 36.4 Å². The van der Waals surface area contributed by atoms with Crippen LogP contribution in [0.4, 0.5) is 11.4 Å². The Morgan fingerprint density at radius 2 is 1.83 bits per heavy atom. The molecule has 154 valence electrons. The molecule has 29 heavy (non-hydrogen) atoms. The summed E-state index contributed by atoms with van der Waals surface area (Å²) in [7, 11) is 0. The molecule has 0 bridgehead atoms. The molecule has 1 fully saturated rings. The molecule has 0 atom stereocenters. The summed E-state index contributed by atoms with van der Waals surface area (Å²) in [5.74, 6) is 0.318. The molecule has 2 aromatic carbocycles. The van der Waals surface area contributed by atoms with E-state index in [4.69, 9.17) is 27.9 Å². The number of benzene rings is 2. The molecule has 0 spiro atoms. The van der Waals surface area contributed by atoms with Crippen LogP contribution in [0.1, 0.15) is 49.4 Å². The van der Waals surface area contributed by atoms with Crippen LogP contribution < -0.4 is 15.4 Å². The van der Waals surface area contributed by atoms with Crippen LogP contribution in [0.5, 0.6) is 5.75 Å². The summed E-state index contributed by atoms with van der Waals surface area (Å²) in [6.45, 7) is 2.54. The van der Waals surface area contributed by atoms with Gasteiger partial charge in [0.1, 0.15) is 10.8 Å². The van der Waals surface area contributed by atoms with Crippen LogP contribution in [0.25, 0.3) is 0 Å². The highest BCUT2D eigenvalue weighted by Crippen LogP contribution is 2.44. The van der Waals surface area contributed by atoms with E-state index in [-0.39, 0.29) is 27.5 Å². The first-order valence-corrected chi connectivity index (χ1v) is 10.6. The Bertz CT molecular complexity index is 883. The summed E-state index contributed by atoms with van der Waals surface area (Å²) in [6.07, 6.45) is 4.37. The number of hydrogen-bond acceptors (Lipinski definition) is 3. The average molecular weight is 435 g/mol. The molecule has 7 heteroatoms. The van der Waals surface area contributed by atoms with Gasteiger partial charge in [-0.2, -0.15) is 0 Å². The Morgan fingerprint density at radius 3 is 2.48 bits per heavy atom. The fourth-order valence-corrected chi connectivity index (χ4v) is 3.26. The van der Waals surface area contributed by atoms with Gasteiger partial charge < -0.3 is 15.4 Å². The maximum Gasteiger partial charge on any atom is 0.255 e. The fourth-order valence-electron chi connectivity index (χ4n) is 2.81. The Labute approximate surface area is 180 Å². The van der Waals surface area contributed by atoms with Gasteiger partial charge in [0.05, 0.1) is 23.0 Å². The van der Waals surface area contributed by atoms with Crippen molar-refractivity contribution in [1.82, 2.24) is 0 Å². The summed E-state index contributed by atoms with van der Waals surface area (Å²) in [6, 6.07) is 10.4. The van der Waals surface area contributed by atoms with E-state index in [2.05, 4.69) is 17.6 Å². The molecule has 2 aromatic rings. The number of carbonyl (C=O) groups excluding carboxylic acids is 2. The van der Waals surface area contributed by atoms with E-state index < -0.39 is 0 Å². The number of unbranched alkanes of at least 4 members (excludes halogenated alkanes) is 1. The first-order chi connectivity index (χ1) is 14.0. The van der Waals surface area contributed by atoms with Crippen LogP contribution in [-0.2, 0) is 4.79 Å². The van der Waals surface area contributed by atoms with Crippen molar-refractivity contribution in [3.63, 3.8) is 0 Å². The molecule has 1 aliphatic rings. The predicted molar refractivity (Wildman–Crippen MR) is 117 cm³/mol. The minimum Gasteiger partial charge on any atom is -0.492 e. The summed E-state index contributed by atoms with van der Waals surface area (Å²) in [5.41, 5.74) is 1.13. The van der Waals surface area contributed by atoms with Gasteiger partial charge in [-0.25, -0.2) is 0 Å². The number of halogens is 2. The van der Waals surface area contributed by atoms with E-state index in [0.29, 0.717) is 35.9 Å². The van der Waals surface area contributed by atoms with Gasteiger partial charge in [0, 0.05) is 18.1 Å². The molecule has 2 N–H and O–H groups in total. The minimum atomic E-state index is -0.318. The fraction of sp³-hybridized carbons (Fsp3) is 0.364. The highest BCUT2D eigenvalue weighted by atomic mass is 35.5. The van der Waals surface area contributed by atoms with Gasteiger partial charge >= 0.3 is 0 Å². The molecule has 0 aliphatic heterocycles. The summed E-state index contributed by atoms with van der Waals surface area (Å²) < 4.78 is 5.74. The molecule has 3 rings (SSSR count). The van der Waals surface area contributed by atoms with Gasteiger partial charge in [-0.15, -0.1) is 0 Å². The van der Waals surface area contributed by atoms with E-state index in [1.165, 1.54) is 0 Å². The molecule has 0 unspecified atom stereocenters. The molecular formula is C22H24Cl2N2O3. The molecule has 0 radical (unpaired) electrons.